The Bertz CT molecular complexity index is 352. The fraction of sp³-hybridized carbons (Fsp3) is 0.889. The third-order valence-electron chi connectivity index (χ3n) is 2.37. The van der Waals surface area contributed by atoms with Crippen molar-refractivity contribution in [2.75, 3.05) is 26.0 Å². The highest BCUT2D eigenvalue weighted by Crippen LogP contribution is 2.13. The highest BCUT2D eigenvalue weighted by atomic mass is 79.9. The summed E-state index contributed by atoms with van der Waals surface area (Å²) in [6, 6.07) is 0. The van der Waals surface area contributed by atoms with E-state index in [2.05, 4.69) is 25.4 Å². The Morgan fingerprint density at radius 1 is 1.65 bits per heavy atom. The highest BCUT2D eigenvalue weighted by Gasteiger charge is 2.24. The van der Waals surface area contributed by atoms with Crippen LogP contribution in [0.25, 0.3) is 0 Å². The van der Waals surface area contributed by atoms with Gasteiger partial charge in [-0.15, -0.1) is 0 Å². The Balaban J connectivity index is 2.36. The average Bonchev–Trinajstić information content (AvgIpc) is 2.76. The van der Waals surface area contributed by atoms with Crippen LogP contribution in [0.1, 0.15) is 12.8 Å². The molecule has 1 fully saturated rings. The molecule has 2 atom stereocenters. The Morgan fingerprint density at radius 3 is 2.88 bits per heavy atom. The van der Waals surface area contributed by atoms with E-state index < -0.39 is 20.8 Å². The Morgan fingerprint density at radius 2 is 2.35 bits per heavy atom. The van der Waals surface area contributed by atoms with Crippen molar-refractivity contribution in [2.24, 2.45) is 0 Å². The normalized spacial score (nSPS) is 22.4. The van der Waals surface area contributed by atoms with Crippen molar-refractivity contribution < 1.29 is 22.7 Å². The van der Waals surface area contributed by atoms with E-state index in [0.717, 1.165) is 12.8 Å². The van der Waals surface area contributed by atoms with Gasteiger partial charge in [-0.3, -0.25) is 4.79 Å². The lowest BCUT2D eigenvalue weighted by Crippen LogP contribution is -2.37. The topological polar surface area (TPSA) is 81.7 Å². The van der Waals surface area contributed by atoms with Gasteiger partial charge in [0.15, 0.2) is 0 Å². The molecule has 1 N–H and O–H groups in total. The van der Waals surface area contributed by atoms with E-state index in [4.69, 9.17) is 4.74 Å². The number of alkyl halides is 1. The summed E-state index contributed by atoms with van der Waals surface area (Å²) in [5.41, 5.74) is 0. The molecule has 0 saturated carbocycles. The first kappa shape index (κ1) is 14.9. The maximum absolute atomic E-state index is 11.6. The van der Waals surface area contributed by atoms with Gasteiger partial charge < -0.3 is 9.47 Å². The van der Waals surface area contributed by atoms with E-state index in [9.17, 15) is 13.2 Å². The van der Waals surface area contributed by atoms with Crippen LogP contribution in [0, 0.1) is 0 Å². The zero-order valence-electron chi connectivity index (χ0n) is 9.52. The lowest BCUT2D eigenvalue weighted by Gasteiger charge is -2.12. The number of hydrogen-bond acceptors (Lipinski definition) is 5. The summed E-state index contributed by atoms with van der Waals surface area (Å²) >= 11 is 3.04. The van der Waals surface area contributed by atoms with Gasteiger partial charge in [-0.05, 0) is 12.8 Å². The molecule has 0 spiro atoms. The molecule has 6 nitrogen and oxygen atoms in total. The number of hydrogen-bond donors (Lipinski definition) is 1. The zero-order valence-corrected chi connectivity index (χ0v) is 11.9. The first-order valence-electron chi connectivity index (χ1n) is 5.25. The van der Waals surface area contributed by atoms with Crippen molar-refractivity contribution >= 4 is 31.9 Å². The molecule has 8 heteroatoms. The lowest BCUT2D eigenvalue weighted by atomic mass is 10.3. The fourth-order valence-electron chi connectivity index (χ4n) is 1.49. The second kappa shape index (κ2) is 6.67. The van der Waals surface area contributed by atoms with Gasteiger partial charge in [0, 0.05) is 13.2 Å². The maximum atomic E-state index is 11.6. The zero-order chi connectivity index (χ0) is 12.9. The predicted octanol–water partition coefficient (Wildman–Crippen LogP) is 0.0213. The molecular formula is C9H16BrNO5S. The summed E-state index contributed by atoms with van der Waals surface area (Å²) in [6.45, 7) is 0.588. The molecule has 1 heterocycles. The van der Waals surface area contributed by atoms with Crippen molar-refractivity contribution in [3.05, 3.63) is 0 Å². The van der Waals surface area contributed by atoms with Gasteiger partial charge in [-0.2, -0.15) is 0 Å². The Hall–Kier alpha value is -0.180. The van der Waals surface area contributed by atoms with Crippen molar-refractivity contribution in [1.29, 1.82) is 0 Å². The number of esters is 1. The van der Waals surface area contributed by atoms with Gasteiger partial charge in [0.1, 0.15) is 4.83 Å². The van der Waals surface area contributed by atoms with Crippen LogP contribution >= 0.6 is 15.9 Å². The molecule has 100 valence electrons. The van der Waals surface area contributed by atoms with Crippen molar-refractivity contribution in [3.8, 4) is 0 Å². The molecule has 1 rings (SSSR count). The van der Waals surface area contributed by atoms with Crippen LogP contribution in [0.4, 0.5) is 0 Å². The van der Waals surface area contributed by atoms with E-state index in [1.807, 2.05) is 0 Å². The molecule has 0 amide bonds. The molecule has 0 aromatic rings. The van der Waals surface area contributed by atoms with E-state index in [-0.39, 0.29) is 18.4 Å². The number of sulfonamides is 1. The third kappa shape index (κ3) is 5.33. The summed E-state index contributed by atoms with van der Waals surface area (Å²) < 4.78 is 35.3. The molecule has 1 saturated heterocycles. The summed E-state index contributed by atoms with van der Waals surface area (Å²) in [4.78, 5) is 10.4. The minimum absolute atomic E-state index is 0.0261. The number of halogens is 1. The molecule has 0 aromatic heterocycles. The van der Waals surface area contributed by atoms with Gasteiger partial charge in [0.25, 0.3) is 0 Å². The van der Waals surface area contributed by atoms with E-state index in [0.29, 0.717) is 6.61 Å². The smallest absolute Gasteiger partial charge is 0.320 e. The number of carbonyl (C=O) groups is 1. The number of methoxy groups -OCH3 is 1. The van der Waals surface area contributed by atoms with Crippen LogP contribution in [-0.2, 0) is 24.3 Å². The quantitative estimate of drug-likeness (QED) is 0.549. The van der Waals surface area contributed by atoms with Crippen LogP contribution in [0.5, 0.6) is 0 Å². The van der Waals surface area contributed by atoms with Crippen LogP contribution in [0.3, 0.4) is 0 Å². The summed E-state index contributed by atoms with van der Waals surface area (Å²) in [7, 11) is -2.17. The molecule has 0 aliphatic carbocycles. The third-order valence-corrected chi connectivity index (χ3v) is 4.48. The van der Waals surface area contributed by atoms with E-state index in [1.54, 1.807) is 0 Å². The van der Waals surface area contributed by atoms with Crippen molar-refractivity contribution in [1.82, 2.24) is 4.72 Å². The standard InChI is InChI=1S/C9H16BrNO5S/c1-15-9(12)8(10)5-11-17(13,14)6-7-3-2-4-16-7/h7-8,11H,2-6H2,1H3. The van der Waals surface area contributed by atoms with Crippen LogP contribution < -0.4 is 4.72 Å². The number of carbonyl (C=O) groups excluding carboxylic acids is 1. The second-order valence-corrected chi connectivity index (χ2v) is 6.71. The molecule has 2 unspecified atom stereocenters. The summed E-state index contributed by atoms with van der Waals surface area (Å²) in [5, 5.41) is 0. The molecule has 1 aliphatic rings. The summed E-state index contributed by atoms with van der Waals surface area (Å²) in [5.74, 6) is -0.571. The minimum Gasteiger partial charge on any atom is -0.468 e. The van der Waals surface area contributed by atoms with Gasteiger partial charge in [0.2, 0.25) is 10.0 Å². The van der Waals surface area contributed by atoms with E-state index >= 15 is 0 Å². The van der Waals surface area contributed by atoms with Gasteiger partial charge in [-0.25, -0.2) is 13.1 Å². The summed E-state index contributed by atoms with van der Waals surface area (Å²) in [6.07, 6.45) is 1.42. The second-order valence-electron chi connectivity index (χ2n) is 3.76. The van der Waals surface area contributed by atoms with Crippen molar-refractivity contribution in [3.63, 3.8) is 0 Å². The molecule has 0 aromatic carbocycles. The largest absolute Gasteiger partial charge is 0.468 e. The molecular weight excluding hydrogens is 314 g/mol. The molecule has 17 heavy (non-hydrogen) atoms. The number of nitrogens with one attached hydrogen (secondary N) is 1. The molecule has 1 aliphatic heterocycles. The number of ether oxygens (including phenoxy) is 2. The monoisotopic (exact) mass is 329 g/mol. The number of rotatable bonds is 6. The minimum atomic E-state index is -3.41. The Kier molecular flexibility index (Phi) is 5.84. The van der Waals surface area contributed by atoms with Crippen molar-refractivity contribution in [2.45, 2.75) is 23.8 Å². The lowest BCUT2D eigenvalue weighted by molar-refractivity contribution is -0.139. The SMILES string of the molecule is COC(=O)C(Br)CNS(=O)(=O)CC1CCCO1. The first-order chi connectivity index (χ1) is 7.94. The average molecular weight is 330 g/mol. The maximum Gasteiger partial charge on any atom is 0.320 e. The van der Waals surface area contributed by atoms with Gasteiger partial charge >= 0.3 is 5.97 Å². The van der Waals surface area contributed by atoms with Crippen LogP contribution in [0.15, 0.2) is 0 Å². The van der Waals surface area contributed by atoms with Crippen LogP contribution in [0.2, 0.25) is 0 Å². The predicted molar refractivity (Wildman–Crippen MR) is 65.5 cm³/mol. The Labute approximate surface area is 109 Å². The van der Waals surface area contributed by atoms with Gasteiger partial charge in [0.05, 0.1) is 19.0 Å². The fourth-order valence-corrected chi connectivity index (χ4v) is 3.34. The van der Waals surface area contributed by atoms with Crippen LogP contribution in [-0.4, -0.2) is 51.3 Å². The highest BCUT2D eigenvalue weighted by molar-refractivity contribution is 9.10. The molecule has 0 radical (unpaired) electrons. The first-order valence-corrected chi connectivity index (χ1v) is 7.82. The van der Waals surface area contributed by atoms with E-state index in [1.165, 1.54) is 7.11 Å². The molecule has 0 bridgehead atoms. The van der Waals surface area contributed by atoms with Gasteiger partial charge in [-0.1, -0.05) is 15.9 Å².